The van der Waals surface area contributed by atoms with Crippen molar-refractivity contribution in [2.24, 2.45) is 0 Å². The fourth-order valence-electron chi connectivity index (χ4n) is 4.57. The van der Waals surface area contributed by atoms with Gasteiger partial charge in [-0.05, 0) is 55.2 Å². The highest BCUT2D eigenvalue weighted by atomic mass is 79.9. The summed E-state index contributed by atoms with van der Waals surface area (Å²) in [5.41, 5.74) is 3.90. The number of halogens is 1. The van der Waals surface area contributed by atoms with E-state index in [0.717, 1.165) is 50.1 Å². The summed E-state index contributed by atoms with van der Waals surface area (Å²) < 4.78 is 27.9. The molecule has 0 aromatic heterocycles. The Labute approximate surface area is 246 Å². The zero-order valence-electron chi connectivity index (χ0n) is 23.6. The van der Waals surface area contributed by atoms with Crippen molar-refractivity contribution in [3.05, 3.63) is 99.5 Å². The first-order valence-corrected chi connectivity index (χ1v) is 16.0. The summed E-state index contributed by atoms with van der Waals surface area (Å²) in [6.07, 6.45) is 3.12. The molecule has 1 atom stereocenters. The highest BCUT2D eigenvalue weighted by molar-refractivity contribution is 9.10. The van der Waals surface area contributed by atoms with Crippen LogP contribution in [0.5, 0.6) is 0 Å². The van der Waals surface area contributed by atoms with Gasteiger partial charge in [-0.25, -0.2) is 8.42 Å². The number of anilines is 1. The molecule has 0 spiro atoms. The number of nitrogens with one attached hydrogen (secondary N) is 1. The van der Waals surface area contributed by atoms with Crippen LogP contribution in [-0.4, -0.2) is 50.5 Å². The van der Waals surface area contributed by atoms with Crippen LogP contribution in [0.2, 0.25) is 0 Å². The molecule has 0 saturated heterocycles. The molecule has 3 aromatic rings. The summed E-state index contributed by atoms with van der Waals surface area (Å²) in [7, 11) is -3.81. The minimum absolute atomic E-state index is 0.140. The van der Waals surface area contributed by atoms with E-state index < -0.39 is 28.5 Å². The molecular formula is C31H38BrN3O4S. The first-order valence-electron chi connectivity index (χ1n) is 13.4. The number of nitrogens with zero attached hydrogens (tertiary/aromatic N) is 2. The number of hydrogen-bond acceptors (Lipinski definition) is 4. The first-order chi connectivity index (χ1) is 19.0. The molecule has 0 aliphatic carbocycles. The smallest absolute Gasteiger partial charge is 0.244 e. The SMILES string of the molecule is CCCCNC(=O)[C@@H](Cc1ccccc1)N(Cc1cccc(Br)c1)C(=O)CN(c1ccc(C)cc1C)S(C)(=O)=O. The van der Waals surface area contributed by atoms with Crippen molar-refractivity contribution in [1.82, 2.24) is 10.2 Å². The quantitative estimate of drug-likeness (QED) is 0.258. The molecule has 0 heterocycles. The van der Waals surface area contributed by atoms with Gasteiger partial charge in [0, 0.05) is 24.0 Å². The van der Waals surface area contributed by atoms with Crippen LogP contribution in [-0.2, 0) is 32.6 Å². The Morgan fingerprint density at radius 3 is 2.27 bits per heavy atom. The van der Waals surface area contributed by atoms with Gasteiger partial charge in [0.1, 0.15) is 12.6 Å². The van der Waals surface area contributed by atoms with Gasteiger partial charge in [-0.2, -0.15) is 0 Å². The molecule has 0 aliphatic rings. The highest BCUT2D eigenvalue weighted by Crippen LogP contribution is 2.25. The van der Waals surface area contributed by atoms with Gasteiger partial charge in [0.25, 0.3) is 0 Å². The van der Waals surface area contributed by atoms with E-state index >= 15 is 0 Å². The van der Waals surface area contributed by atoms with Crippen molar-refractivity contribution >= 4 is 43.5 Å². The number of sulfonamides is 1. The summed E-state index contributed by atoms with van der Waals surface area (Å²) in [4.78, 5) is 29.3. The van der Waals surface area contributed by atoms with Crippen LogP contribution in [0.3, 0.4) is 0 Å². The third-order valence-electron chi connectivity index (χ3n) is 6.64. The van der Waals surface area contributed by atoms with Crippen LogP contribution in [0, 0.1) is 13.8 Å². The van der Waals surface area contributed by atoms with E-state index in [1.54, 1.807) is 6.07 Å². The van der Waals surface area contributed by atoms with Crippen molar-refractivity contribution in [1.29, 1.82) is 0 Å². The van der Waals surface area contributed by atoms with E-state index in [-0.39, 0.29) is 12.5 Å². The number of aryl methyl sites for hydroxylation is 2. The molecule has 7 nitrogen and oxygen atoms in total. The van der Waals surface area contributed by atoms with Gasteiger partial charge >= 0.3 is 0 Å². The molecule has 0 unspecified atom stereocenters. The summed E-state index contributed by atoms with van der Waals surface area (Å²) in [6.45, 7) is 6.01. The van der Waals surface area contributed by atoms with Crippen LogP contribution in [0.15, 0.2) is 77.3 Å². The van der Waals surface area contributed by atoms with E-state index in [4.69, 9.17) is 0 Å². The molecule has 0 aliphatic heterocycles. The van der Waals surface area contributed by atoms with Gasteiger partial charge in [-0.15, -0.1) is 0 Å². The molecule has 0 fully saturated rings. The molecule has 214 valence electrons. The van der Waals surface area contributed by atoms with Crippen LogP contribution in [0.1, 0.15) is 42.0 Å². The highest BCUT2D eigenvalue weighted by Gasteiger charge is 2.33. The molecule has 3 rings (SSSR count). The Morgan fingerprint density at radius 1 is 0.950 bits per heavy atom. The number of carbonyl (C=O) groups is 2. The van der Waals surface area contributed by atoms with Crippen molar-refractivity contribution < 1.29 is 18.0 Å². The van der Waals surface area contributed by atoms with E-state index in [2.05, 4.69) is 21.2 Å². The maximum atomic E-state index is 14.1. The van der Waals surface area contributed by atoms with Crippen LogP contribution < -0.4 is 9.62 Å². The largest absolute Gasteiger partial charge is 0.354 e. The normalized spacial score (nSPS) is 12.0. The molecule has 1 N–H and O–H groups in total. The molecule has 40 heavy (non-hydrogen) atoms. The van der Waals surface area contributed by atoms with Crippen molar-refractivity contribution in [2.45, 2.75) is 52.6 Å². The fraction of sp³-hybridized carbons (Fsp3) is 0.355. The number of rotatable bonds is 13. The molecule has 9 heteroatoms. The maximum Gasteiger partial charge on any atom is 0.244 e. The second kappa shape index (κ2) is 14.5. The van der Waals surface area contributed by atoms with Gasteiger partial charge < -0.3 is 10.2 Å². The summed E-state index contributed by atoms with van der Waals surface area (Å²) in [6, 6.07) is 21.7. The second-order valence-corrected chi connectivity index (χ2v) is 12.9. The average Bonchev–Trinajstić information content (AvgIpc) is 2.89. The number of hydrogen-bond donors (Lipinski definition) is 1. The van der Waals surface area contributed by atoms with Gasteiger partial charge in [0.15, 0.2) is 0 Å². The first kappa shape index (κ1) is 31.4. The van der Waals surface area contributed by atoms with Gasteiger partial charge in [-0.1, -0.05) is 89.4 Å². The zero-order valence-corrected chi connectivity index (χ0v) is 26.0. The molecule has 0 bridgehead atoms. The molecule has 0 radical (unpaired) electrons. The third-order valence-corrected chi connectivity index (χ3v) is 8.26. The Hall–Kier alpha value is -3.17. The minimum Gasteiger partial charge on any atom is -0.354 e. The lowest BCUT2D eigenvalue weighted by Crippen LogP contribution is -2.53. The van der Waals surface area contributed by atoms with Gasteiger partial charge in [0.2, 0.25) is 21.8 Å². The molecular weight excluding hydrogens is 590 g/mol. The second-order valence-electron chi connectivity index (χ2n) is 10.1. The van der Waals surface area contributed by atoms with Crippen LogP contribution in [0.4, 0.5) is 5.69 Å². The van der Waals surface area contributed by atoms with Crippen LogP contribution in [0.25, 0.3) is 0 Å². The zero-order chi connectivity index (χ0) is 29.3. The Bertz CT molecular complexity index is 1410. The lowest BCUT2D eigenvalue weighted by atomic mass is 10.0. The predicted octanol–water partition coefficient (Wildman–Crippen LogP) is 5.39. The van der Waals surface area contributed by atoms with Crippen LogP contribution >= 0.6 is 15.9 Å². The average molecular weight is 629 g/mol. The van der Waals surface area contributed by atoms with E-state index in [1.807, 2.05) is 87.5 Å². The maximum absolute atomic E-state index is 14.1. The van der Waals surface area contributed by atoms with Crippen molar-refractivity contribution in [3.8, 4) is 0 Å². The molecule has 3 aromatic carbocycles. The lowest BCUT2D eigenvalue weighted by Gasteiger charge is -2.34. The summed E-state index contributed by atoms with van der Waals surface area (Å²) >= 11 is 3.49. The number of unbranched alkanes of at least 4 members (excludes halogenated alkanes) is 1. The summed E-state index contributed by atoms with van der Waals surface area (Å²) in [5, 5.41) is 2.99. The number of benzene rings is 3. The van der Waals surface area contributed by atoms with Crippen molar-refractivity contribution in [2.75, 3.05) is 23.7 Å². The van der Waals surface area contributed by atoms with Gasteiger partial charge in [-0.3, -0.25) is 13.9 Å². The standard InChI is InChI=1S/C31H38BrN3O4S/c1-5-6-17-33-31(37)29(20-25-11-8-7-9-12-25)34(21-26-13-10-14-27(32)19-26)30(36)22-35(40(4,38)39)28-16-15-23(2)18-24(28)3/h7-16,18-19,29H,5-6,17,20-22H2,1-4H3,(H,33,37)/t29-/m1/s1. The minimum atomic E-state index is -3.81. The Morgan fingerprint density at radius 2 is 1.65 bits per heavy atom. The Kier molecular flexibility index (Phi) is 11.3. The lowest BCUT2D eigenvalue weighted by molar-refractivity contribution is -0.140. The predicted molar refractivity (Wildman–Crippen MR) is 165 cm³/mol. The number of carbonyl (C=O) groups excluding carboxylic acids is 2. The fourth-order valence-corrected chi connectivity index (χ4v) is 5.93. The van der Waals surface area contributed by atoms with E-state index in [0.29, 0.717) is 18.7 Å². The van der Waals surface area contributed by atoms with E-state index in [9.17, 15) is 18.0 Å². The molecule has 2 amide bonds. The monoisotopic (exact) mass is 627 g/mol. The molecule has 0 saturated carbocycles. The van der Waals surface area contributed by atoms with Gasteiger partial charge in [0.05, 0.1) is 11.9 Å². The van der Waals surface area contributed by atoms with E-state index in [1.165, 1.54) is 4.90 Å². The summed E-state index contributed by atoms with van der Waals surface area (Å²) in [5.74, 6) is -0.727. The third kappa shape index (κ3) is 8.93. The van der Waals surface area contributed by atoms with Crippen molar-refractivity contribution in [3.63, 3.8) is 0 Å². The Balaban J connectivity index is 2.05. The number of amides is 2. The topological polar surface area (TPSA) is 86.8 Å².